The van der Waals surface area contributed by atoms with Gasteiger partial charge < -0.3 is 9.84 Å². The van der Waals surface area contributed by atoms with E-state index in [-0.39, 0.29) is 28.6 Å². The van der Waals surface area contributed by atoms with Crippen LogP contribution < -0.4 is 0 Å². The molecule has 1 saturated heterocycles. The molecule has 6 atom stereocenters. The van der Waals surface area contributed by atoms with Crippen LogP contribution in [0.3, 0.4) is 0 Å². The molecular weight excluding hydrogens is 260 g/mol. The Bertz CT molecular complexity index is 466. The van der Waals surface area contributed by atoms with Gasteiger partial charge in [-0.3, -0.25) is 0 Å². The zero-order valence-corrected chi connectivity index (χ0v) is 14.6. The lowest BCUT2D eigenvalue weighted by atomic mass is 9.47. The molecule has 120 valence electrons. The highest BCUT2D eigenvalue weighted by Crippen LogP contribution is 2.67. The fourth-order valence-corrected chi connectivity index (χ4v) is 5.57. The smallest absolute Gasteiger partial charge is 0.117 e. The van der Waals surface area contributed by atoms with Crippen molar-refractivity contribution in [3.8, 4) is 0 Å². The number of allylic oxidation sites excluding steroid dienone is 1. The number of fused-ring (bicyclic) bond motifs is 2. The van der Waals surface area contributed by atoms with Crippen molar-refractivity contribution < 1.29 is 9.84 Å². The molecule has 2 aliphatic carbocycles. The molecule has 0 aromatic carbocycles. The van der Waals surface area contributed by atoms with Gasteiger partial charge in [0, 0.05) is 5.92 Å². The Morgan fingerprint density at radius 1 is 1.29 bits per heavy atom. The molecule has 0 spiro atoms. The first kappa shape index (κ1) is 15.6. The second-order valence-electron chi connectivity index (χ2n) is 8.84. The number of hydrogen-bond donors (Lipinski definition) is 1. The van der Waals surface area contributed by atoms with Crippen LogP contribution in [0.15, 0.2) is 11.6 Å². The van der Waals surface area contributed by atoms with Gasteiger partial charge in [-0.05, 0) is 42.1 Å². The van der Waals surface area contributed by atoms with E-state index in [1.54, 1.807) is 0 Å². The van der Waals surface area contributed by atoms with Gasteiger partial charge in [0.15, 0.2) is 0 Å². The van der Waals surface area contributed by atoms with E-state index in [4.69, 9.17) is 4.74 Å². The Morgan fingerprint density at radius 2 is 1.95 bits per heavy atom. The summed E-state index contributed by atoms with van der Waals surface area (Å²) < 4.78 is 6.07. The van der Waals surface area contributed by atoms with Crippen molar-refractivity contribution in [3.63, 3.8) is 0 Å². The van der Waals surface area contributed by atoms with Gasteiger partial charge in [0.2, 0.25) is 0 Å². The molecule has 0 bridgehead atoms. The molecule has 3 rings (SSSR count). The van der Waals surface area contributed by atoms with Crippen molar-refractivity contribution in [3.05, 3.63) is 11.6 Å². The molecule has 1 aliphatic heterocycles. The Balaban J connectivity index is 2.09. The molecule has 3 fully saturated rings. The summed E-state index contributed by atoms with van der Waals surface area (Å²) >= 11 is 0. The fourth-order valence-electron chi connectivity index (χ4n) is 5.57. The minimum Gasteiger partial charge on any atom is -0.390 e. The van der Waals surface area contributed by atoms with Crippen LogP contribution in [0.2, 0.25) is 0 Å². The van der Waals surface area contributed by atoms with Crippen LogP contribution in [-0.2, 0) is 4.74 Å². The van der Waals surface area contributed by atoms with Crippen LogP contribution in [0, 0.1) is 22.7 Å². The van der Waals surface area contributed by atoms with E-state index in [2.05, 4.69) is 47.6 Å². The van der Waals surface area contributed by atoms with E-state index in [1.807, 2.05) is 0 Å². The largest absolute Gasteiger partial charge is 0.390 e. The molecule has 2 nitrogen and oxygen atoms in total. The lowest BCUT2D eigenvalue weighted by Crippen LogP contribution is -2.57. The van der Waals surface area contributed by atoms with Crippen LogP contribution in [0.25, 0.3) is 0 Å². The third-order valence-electron chi connectivity index (χ3n) is 6.80. The van der Waals surface area contributed by atoms with Crippen molar-refractivity contribution in [2.45, 2.75) is 85.0 Å². The van der Waals surface area contributed by atoms with Crippen molar-refractivity contribution in [1.29, 1.82) is 0 Å². The highest BCUT2D eigenvalue weighted by molar-refractivity contribution is 5.40. The van der Waals surface area contributed by atoms with Gasteiger partial charge >= 0.3 is 0 Å². The average molecular weight is 292 g/mol. The summed E-state index contributed by atoms with van der Waals surface area (Å²) in [6, 6.07) is 0. The highest BCUT2D eigenvalue weighted by Gasteiger charge is 2.71. The van der Waals surface area contributed by atoms with E-state index in [0.29, 0.717) is 11.8 Å². The zero-order valence-electron chi connectivity index (χ0n) is 14.6. The molecule has 0 amide bonds. The van der Waals surface area contributed by atoms with Crippen LogP contribution in [-0.4, -0.2) is 22.9 Å². The summed E-state index contributed by atoms with van der Waals surface area (Å²) in [5, 5.41) is 10.9. The molecule has 3 aliphatic rings. The first-order valence-corrected chi connectivity index (χ1v) is 8.75. The monoisotopic (exact) mass is 292 g/mol. The second kappa shape index (κ2) is 4.58. The molecule has 0 aromatic rings. The summed E-state index contributed by atoms with van der Waals surface area (Å²) in [6.45, 7) is 13.8. The van der Waals surface area contributed by atoms with Crippen molar-refractivity contribution >= 4 is 0 Å². The number of aliphatic hydroxyl groups excluding tert-OH is 1. The third kappa shape index (κ3) is 2.05. The van der Waals surface area contributed by atoms with Gasteiger partial charge in [0.05, 0.1) is 6.10 Å². The summed E-state index contributed by atoms with van der Waals surface area (Å²) in [7, 11) is 0. The van der Waals surface area contributed by atoms with Crippen LogP contribution in [0.4, 0.5) is 0 Å². The molecule has 0 unspecified atom stereocenters. The Hall–Kier alpha value is -0.340. The molecule has 2 saturated carbocycles. The zero-order chi connectivity index (χ0) is 15.6. The molecule has 1 N–H and O–H groups in total. The minimum atomic E-state index is -0.315. The predicted octanol–water partition coefficient (Wildman–Crippen LogP) is 4.32. The molecule has 2 heteroatoms. The topological polar surface area (TPSA) is 32.8 Å². The quantitative estimate of drug-likeness (QED) is 0.607. The van der Waals surface area contributed by atoms with Gasteiger partial charge in [-0.15, -0.1) is 0 Å². The number of ether oxygens (including phenoxy) is 1. The molecular formula is C19H32O2. The predicted molar refractivity (Wildman–Crippen MR) is 86.1 cm³/mol. The summed E-state index contributed by atoms with van der Waals surface area (Å²) in [5.74, 6) is 0.897. The van der Waals surface area contributed by atoms with Gasteiger partial charge in [-0.1, -0.05) is 53.5 Å². The van der Waals surface area contributed by atoms with E-state index >= 15 is 0 Å². The van der Waals surface area contributed by atoms with Gasteiger partial charge in [0.25, 0.3) is 0 Å². The Kier molecular flexibility index (Phi) is 3.39. The molecule has 1 heterocycles. The SMILES string of the molecule is CC[C@@H](C)C=C1[C@]2(C)O[C@@H]2[C@@H](O)[C@H]2C(C)(C)CCC[C@]12C. The van der Waals surface area contributed by atoms with Crippen LogP contribution >= 0.6 is 0 Å². The number of aliphatic hydroxyl groups is 1. The maximum atomic E-state index is 10.9. The van der Waals surface area contributed by atoms with Gasteiger partial charge in [0.1, 0.15) is 11.7 Å². The number of hydrogen-bond acceptors (Lipinski definition) is 2. The molecule has 0 aromatic heterocycles. The van der Waals surface area contributed by atoms with Gasteiger partial charge in [-0.25, -0.2) is 0 Å². The summed E-state index contributed by atoms with van der Waals surface area (Å²) in [6.07, 6.45) is 6.99. The Labute approximate surface area is 130 Å². The van der Waals surface area contributed by atoms with Gasteiger partial charge in [-0.2, -0.15) is 0 Å². The fraction of sp³-hybridized carbons (Fsp3) is 0.895. The number of rotatable bonds is 2. The van der Waals surface area contributed by atoms with Crippen LogP contribution in [0.1, 0.15) is 67.2 Å². The Morgan fingerprint density at radius 3 is 2.57 bits per heavy atom. The highest BCUT2D eigenvalue weighted by atomic mass is 16.6. The molecule has 21 heavy (non-hydrogen) atoms. The summed E-state index contributed by atoms with van der Waals surface area (Å²) in [5.41, 5.74) is 1.56. The van der Waals surface area contributed by atoms with E-state index in [0.717, 1.165) is 6.42 Å². The van der Waals surface area contributed by atoms with E-state index < -0.39 is 0 Å². The maximum Gasteiger partial charge on any atom is 0.117 e. The maximum absolute atomic E-state index is 10.9. The standard InChI is InChI=1S/C19H32O2/c1-7-12(2)11-13-18(5)10-8-9-17(3,4)15(18)14(20)16-19(13,6)21-16/h11-12,14-16,20H,7-10H2,1-6H3/t12-,14+,15+,16-,18-,19+/m1/s1. The summed E-state index contributed by atoms with van der Waals surface area (Å²) in [4.78, 5) is 0. The third-order valence-corrected chi connectivity index (χ3v) is 6.80. The van der Waals surface area contributed by atoms with E-state index in [9.17, 15) is 5.11 Å². The van der Waals surface area contributed by atoms with Crippen LogP contribution in [0.5, 0.6) is 0 Å². The van der Waals surface area contributed by atoms with E-state index in [1.165, 1.54) is 24.8 Å². The van der Waals surface area contributed by atoms with Crippen molar-refractivity contribution in [1.82, 2.24) is 0 Å². The minimum absolute atomic E-state index is 0.0169. The van der Waals surface area contributed by atoms with Crippen molar-refractivity contribution in [2.75, 3.05) is 0 Å². The average Bonchev–Trinajstić information content (AvgIpc) is 3.07. The first-order valence-electron chi connectivity index (χ1n) is 8.75. The lowest BCUT2D eigenvalue weighted by molar-refractivity contribution is -0.0820. The first-order chi connectivity index (χ1) is 9.67. The lowest BCUT2D eigenvalue weighted by Gasteiger charge is -2.56. The normalized spacial score (nSPS) is 51.2. The van der Waals surface area contributed by atoms with Crippen molar-refractivity contribution in [2.24, 2.45) is 22.7 Å². The number of epoxide rings is 1. The molecule has 0 radical (unpaired) electrons. The second-order valence-corrected chi connectivity index (χ2v) is 8.84.